The summed E-state index contributed by atoms with van der Waals surface area (Å²) in [6.07, 6.45) is 4.40. The van der Waals surface area contributed by atoms with Gasteiger partial charge in [0.05, 0.1) is 5.41 Å². The van der Waals surface area contributed by atoms with E-state index in [4.69, 9.17) is 5.73 Å². The summed E-state index contributed by atoms with van der Waals surface area (Å²) in [5.74, 6) is 0.909. The molecular weight excluding hydrogens is 262 g/mol. The smallest absolute Gasteiger partial charge is 0.230 e. The zero-order valence-electron chi connectivity index (χ0n) is 12.3. The van der Waals surface area contributed by atoms with Gasteiger partial charge in [-0.2, -0.15) is 0 Å². The molecule has 4 heteroatoms. The van der Waals surface area contributed by atoms with Crippen molar-refractivity contribution in [2.75, 3.05) is 25.4 Å². The van der Waals surface area contributed by atoms with Crippen LogP contribution in [0.4, 0.5) is 5.69 Å². The second kappa shape index (κ2) is 4.73. The second-order valence-corrected chi connectivity index (χ2v) is 6.92. The summed E-state index contributed by atoms with van der Waals surface area (Å²) in [5, 5.41) is 3.35. The minimum Gasteiger partial charge on any atom is -0.399 e. The number of benzene rings is 1. The molecule has 3 heterocycles. The van der Waals surface area contributed by atoms with Crippen LogP contribution in [0.15, 0.2) is 24.3 Å². The molecule has 112 valence electrons. The van der Waals surface area contributed by atoms with Gasteiger partial charge in [0.25, 0.3) is 0 Å². The van der Waals surface area contributed by atoms with Crippen molar-refractivity contribution in [3.05, 3.63) is 29.8 Å². The van der Waals surface area contributed by atoms with Gasteiger partial charge in [0.1, 0.15) is 0 Å². The van der Waals surface area contributed by atoms with Crippen LogP contribution in [0.2, 0.25) is 0 Å². The van der Waals surface area contributed by atoms with E-state index < -0.39 is 0 Å². The van der Waals surface area contributed by atoms with Crippen molar-refractivity contribution in [3.8, 4) is 0 Å². The molecule has 1 aromatic carbocycles. The van der Waals surface area contributed by atoms with Crippen molar-refractivity contribution < 1.29 is 4.79 Å². The van der Waals surface area contributed by atoms with Crippen molar-refractivity contribution in [2.24, 2.45) is 5.92 Å². The van der Waals surface area contributed by atoms with E-state index in [0.717, 1.165) is 30.6 Å². The summed E-state index contributed by atoms with van der Waals surface area (Å²) in [6, 6.07) is 8.18. The molecule has 4 aliphatic rings. The predicted octanol–water partition coefficient (Wildman–Crippen LogP) is 1.51. The van der Waals surface area contributed by atoms with E-state index in [9.17, 15) is 4.79 Å². The minimum absolute atomic E-state index is 0.228. The fourth-order valence-corrected chi connectivity index (χ4v) is 4.01. The van der Waals surface area contributed by atoms with Crippen LogP contribution in [-0.4, -0.2) is 36.5 Å². The maximum Gasteiger partial charge on any atom is 0.230 e. The van der Waals surface area contributed by atoms with Crippen LogP contribution >= 0.6 is 0 Å². The Kier molecular flexibility index (Phi) is 2.96. The minimum atomic E-state index is -0.278. The first-order valence-electron chi connectivity index (χ1n) is 8.07. The second-order valence-electron chi connectivity index (χ2n) is 6.92. The fourth-order valence-electron chi connectivity index (χ4n) is 4.01. The SMILES string of the molecule is Nc1ccc(C2(C(=O)NC3CN4CCC3CC4)CC2)cc1. The molecule has 1 saturated carbocycles. The number of nitrogens with one attached hydrogen (secondary N) is 1. The highest BCUT2D eigenvalue weighted by molar-refractivity contribution is 5.91. The van der Waals surface area contributed by atoms with E-state index in [0.29, 0.717) is 12.0 Å². The number of nitrogens with zero attached hydrogens (tertiary/aromatic N) is 1. The van der Waals surface area contributed by atoms with Crippen molar-refractivity contribution in [1.29, 1.82) is 0 Å². The lowest BCUT2D eigenvalue weighted by Crippen LogP contribution is -2.58. The van der Waals surface area contributed by atoms with Crippen LogP contribution in [0, 0.1) is 5.92 Å². The van der Waals surface area contributed by atoms with Crippen molar-refractivity contribution in [2.45, 2.75) is 37.1 Å². The molecule has 1 aromatic rings. The molecule has 3 aliphatic heterocycles. The van der Waals surface area contributed by atoms with E-state index in [1.165, 1.54) is 25.9 Å². The Morgan fingerprint density at radius 3 is 2.38 bits per heavy atom. The van der Waals surface area contributed by atoms with Crippen LogP contribution in [0.25, 0.3) is 0 Å². The number of hydrogen-bond donors (Lipinski definition) is 2. The Morgan fingerprint density at radius 2 is 1.86 bits per heavy atom. The maximum absolute atomic E-state index is 12.8. The fraction of sp³-hybridized carbons (Fsp3) is 0.588. The molecule has 3 N–H and O–H groups in total. The standard InChI is InChI=1S/C17H23N3O/c18-14-3-1-13(2-4-14)17(7-8-17)16(21)19-15-11-20-9-5-12(15)6-10-20/h1-4,12,15H,5-11,18H2,(H,19,21). The van der Waals surface area contributed by atoms with Gasteiger partial charge in [0.15, 0.2) is 0 Å². The Labute approximate surface area is 125 Å². The summed E-state index contributed by atoms with van der Waals surface area (Å²) in [7, 11) is 0. The normalized spacial score (nSPS) is 32.7. The van der Waals surface area contributed by atoms with E-state index >= 15 is 0 Å². The Hall–Kier alpha value is -1.55. The molecule has 4 fully saturated rings. The monoisotopic (exact) mass is 285 g/mol. The zero-order valence-corrected chi connectivity index (χ0v) is 12.3. The number of rotatable bonds is 3. The summed E-state index contributed by atoms with van der Waals surface area (Å²) in [5.41, 5.74) is 7.35. The van der Waals surface area contributed by atoms with E-state index in [1.807, 2.05) is 24.3 Å². The molecule has 0 radical (unpaired) electrons. The lowest BCUT2D eigenvalue weighted by atomic mass is 9.83. The molecule has 21 heavy (non-hydrogen) atoms. The van der Waals surface area contributed by atoms with E-state index in [1.54, 1.807) is 0 Å². The first-order chi connectivity index (χ1) is 10.2. The zero-order chi connectivity index (χ0) is 14.4. The van der Waals surface area contributed by atoms with E-state index in [-0.39, 0.29) is 11.3 Å². The molecular formula is C17H23N3O. The molecule has 0 spiro atoms. The number of amides is 1. The lowest BCUT2D eigenvalue weighted by Gasteiger charge is -2.45. The molecule has 5 rings (SSSR count). The third-order valence-electron chi connectivity index (χ3n) is 5.62. The van der Waals surface area contributed by atoms with Crippen molar-refractivity contribution in [1.82, 2.24) is 10.2 Å². The molecule has 1 amide bonds. The third-order valence-corrected chi connectivity index (χ3v) is 5.62. The first-order valence-corrected chi connectivity index (χ1v) is 8.07. The average Bonchev–Trinajstić information content (AvgIpc) is 3.31. The summed E-state index contributed by atoms with van der Waals surface area (Å²) in [6.45, 7) is 3.45. The number of carbonyl (C=O) groups is 1. The van der Waals surface area contributed by atoms with Crippen LogP contribution < -0.4 is 11.1 Å². The number of anilines is 1. The van der Waals surface area contributed by atoms with Crippen LogP contribution in [0.1, 0.15) is 31.2 Å². The van der Waals surface area contributed by atoms with Gasteiger partial charge in [0, 0.05) is 18.3 Å². The highest BCUT2D eigenvalue weighted by Crippen LogP contribution is 2.48. The molecule has 3 saturated heterocycles. The van der Waals surface area contributed by atoms with Gasteiger partial charge < -0.3 is 16.0 Å². The van der Waals surface area contributed by atoms with Crippen LogP contribution in [0.5, 0.6) is 0 Å². The lowest BCUT2D eigenvalue weighted by molar-refractivity contribution is -0.125. The predicted molar refractivity (Wildman–Crippen MR) is 82.9 cm³/mol. The van der Waals surface area contributed by atoms with Gasteiger partial charge in [-0.05, 0) is 62.4 Å². The quantitative estimate of drug-likeness (QED) is 0.828. The molecule has 0 aromatic heterocycles. The summed E-state index contributed by atoms with van der Waals surface area (Å²) in [4.78, 5) is 15.3. The number of nitrogens with two attached hydrogens (primary N) is 1. The topological polar surface area (TPSA) is 58.4 Å². The number of fused-ring (bicyclic) bond motifs is 3. The van der Waals surface area contributed by atoms with Crippen LogP contribution in [-0.2, 0) is 10.2 Å². The number of nitrogen functional groups attached to an aromatic ring is 1. The summed E-state index contributed by atoms with van der Waals surface area (Å²) >= 11 is 0. The average molecular weight is 285 g/mol. The van der Waals surface area contributed by atoms with Gasteiger partial charge in [-0.1, -0.05) is 12.1 Å². The van der Waals surface area contributed by atoms with Gasteiger partial charge >= 0.3 is 0 Å². The van der Waals surface area contributed by atoms with Gasteiger partial charge in [-0.25, -0.2) is 0 Å². The van der Waals surface area contributed by atoms with Gasteiger partial charge in [-0.15, -0.1) is 0 Å². The summed E-state index contributed by atoms with van der Waals surface area (Å²) < 4.78 is 0. The Morgan fingerprint density at radius 1 is 1.19 bits per heavy atom. The number of carbonyl (C=O) groups excluding carboxylic acids is 1. The van der Waals surface area contributed by atoms with Gasteiger partial charge in [-0.3, -0.25) is 4.79 Å². The number of piperidine rings is 3. The molecule has 4 nitrogen and oxygen atoms in total. The number of hydrogen-bond acceptors (Lipinski definition) is 3. The van der Waals surface area contributed by atoms with Gasteiger partial charge in [0.2, 0.25) is 5.91 Å². The highest BCUT2D eigenvalue weighted by atomic mass is 16.2. The largest absolute Gasteiger partial charge is 0.399 e. The Bertz CT molecular complexity index is 542. The molecule has 1 aliphatic carbocycles. The highest BCUT2D eigenvalue weighted by Gasteiger charge is 2.52. The van der Waals surface area contributed by atoms with Crippen LogP contribution in [0.3, 0.4) is 0 Å². The first kappa shape index (κ1) is 13.1. The van der Waals surface area contributed by atoms with Crippen molar-refractivity contribution >= 4 is 11.6 Å². The molecule has 2 bridgehead atoms. The molecule has 1 atom stereocenters. The Balaban J connectivity index is 1.48. The third kappa shape index (κ3) is 2.22. The van der Waals surface area contributed by atoms with E-state index in [2.05, 4.69) is 10.2 Å². The maximum atomic E-state index is 12.8. The van der Waals surface area contributed by atoms with Crippen molar-refractivity contribution in [3.63, 3.8) is 0 Å². The molecule has 1 unspecified atom stereocenters.